The number of nitrogens with zero attached hydrogens (tertiary/aromatic N) is 3. The first-order chi connectivity index (χ1) is 15.2. The van der Waals surface area contributed by atoms with Crippen LogP contribution in [0.15, 0.2) is 35.7 Å². The van der Waals surface area contributed by atoms with Crippen molar-refractivity contribution in [2.24, 2.45) is 0 Å². The third-order valence-corrected chi connectivity index (χ3v) is 6.96. The molecular weight excluding hydrogens is 410 g/mol. The van der Waals surface area contributed by atoms with Gasteiger partial charge in [0.05, 0.1) is 17.7 Å². The molecule has 2 aromatic rings. The number of carbonyl (C=O) groups excluding carboxylic acids is 2. The lowest BCUT2D eigenvalue weighted by molar-refractivity contribution is -0.126. The zero-order chi connectivity index (χ0) is 21.6. The van der Waals surface area contributed by atoms with Crippen LogP contribution >= 0.6 is 11.3 Å². The Morgan fingerprint density at radius 2 is 1.94 bits per heavy atom. The van der Waals surface area contributed by atoms with E-state index in [0.29, 0.717) is 25.4 Å². The number of ether oxygens (including phenoxy) is 1. The second-order valence-corrected chi connectivity index (χ2v) is 8.89. The summed E-state index contributed by atoms with van der Waals surface area (Å²) >= 11 is 1.55. The summed E-state index contributed by atoms with van der Waals surface area (Å²) < 4.78 is 5.26. The van der Waals surface area contributed by atoms with Crippen LogP contribution in [0.4, 0.5) is 0 Å². The minimum atomic E-state index is -0.129. The highest BCUT2D eigenvalue weighted by atomic mass is 32.1. The van der Waals surface area contributed by atoms with Crippen molar-refractivity contribution in [3.05, 3.63) is 52.0 Å². The molecule has 1 unspecified atom stereocenters. The number of aromatic nitrogens is 1. The van der Waals surface area contributed by atoms with Gasteiger partial charge in [0, 0.05) is 49.5 Å². The van der Waals surface area contributed by atoms with Crippen LogP contribution < -0.4 is 0 Å². The zero-order valence-electron chi connectivity index (χ0n) is 17.8. The van der Waals surface area contributed by atoms with Crippen LogP contribution in [0.1, 0.15) is 52.7 Å². The van der Waals surface area contributed by atoms with Crippen LogP contribution in [0, 0.1) is 11.8 Å². The van der Waals surface area contributed by atoms with E-state index in [1.165, 1.54) is 0 Å². The van der Waals surface area contributed by atoms with Gasteiger partial charge in [-0.05, 0) is 37.8 Å². The molecule has 2 aliphatic heterocycles. The van der Waals surface area contributed by atoms with Crippen molar-refractivity contribution >= 4 is 23.2 Å². The SMILES string of the molecule is COCC1CCCN1C(=O)c1csc(C2CCN(C(=O)C#Cc3ccccc3)CC2)n1. The number of amides is 2. The predicted molar refractivity (Wildman–Crippen MR) is 120 cm³/mol. The predicted octanol–water partition coefficient (Wildman–Crippen LogP) is 3.15. The molecule has 162 valence electrons. The van der Waals surface area contributed by atoms with E-state index >= 15 is 0 Å². The minimum absolute atomic E-state index is 0.00542. The Bertz CT molecular complexity index is 971. The number of benzene rings is 1. The van der Waals surface area contributed by atoms with Gasteiger partial charge in [0.15, 0.2) is 0 Å². The monoisotopic (exact) mass is 437 g/mol. The van der Waals surface area contributed by atoms with Gasteiger partial charge >= 0.3 is 0 Å². The van der Waals surface area contributed by atoms with Crippen LogP contribution in [0.25, 0.3) is 0 Å². The van der Waals surface area contributed by atoms with Gasteiger partial charge in [-0.1, -0.05) is 24.1 Å². The number of rotatable bonds is 4. The van der Waals surface area contributed by atoms with E-state index in [4.69, 9.17) is 4.74 Å². The number of likely N-dealkylation sites (tertiary alicyclic amines) is 2. The fourth-order valence-electron chi connectivity index (χ4n) is 4.24. The highest BCUT2D eigenvalue weighted by molar-refractivity contribution is 7.09. The molecular formula is C24H27N3O3S. The van der Waals surface area contributed by atoms with E-state index < -0.39 is 0 Å². The first-order valence-electron chi connectivity index (χ1n) is 10.8. The second kappa shape index (κ2) is 10.1. The summed E-state index contributed by atoms with van der Waals surface area (Å²) in [5.74, 6) is 5.85. The van der Waals surface area contributed by atoms with Crippen molar-refractivity contribution < 1.29 is 14.3 Å². The summed E-state index contributed by atoms with van der Waals surface area (Å²) in [5.41, 5.74) is 1.38. The fraction of sp³-hybridized carbons (Fsp3) is 0.458. The molecule has 1 aromatic carbocycles. The van der Waals surface area contributed by atoms with Crippen LogP contribution in [-0.2, 0) is 9.53 Å². The molecule has 3 heterocycles. The molecule has 0 N–H and O–H groups in total. The Hall–Kier alpha value is -2.69. The Balaban J connectivity index is 1.32. The van der Waals surface area contributed by atoms with Gasteiger partial charge in [-0.3, -0.25) is 9.59 Å². The molecule has 31 heavy (non-hydrogen) atoms. The molecule has 0 radical (unpaired) electrons. The minimum Gasteiger partial charge on any atom is -0.383 e. The van der Waals surface area contributed by atoms with Crippen molar-refractivity contribution in [3.8, 4) is 11.8 Å². The lowest BCUT2D eigenvalue weighted by Gasteiger charge is -2.29. The number of piperidine rings is 1. The molecule has 1 atom stereocenters. The molecule has 2 fully saturated rings. The van der Waals surface area contributed by atoms with Crippen molar-refractivity contribution in [1.82, 2.24) is 14.8 Å². The number of hydrogen-bond acceptors (Lipinski definition) is 5. The summed E-state index contributed by atoms with van der Waals surface area (Å²) in [6, 6.07) is 9.69. The quantitative estimate of drug-likeness (QED) is 0.690. The van der Waals surface area contributed by atoms with E-state index in [1.54, 1.807) is 18.4 Å². The number of thiazole rings is 1. The van der Waals surface area contributed by atoms with Gasteiger partial charge in [0.2, 0.25) is 0 Å². The molecule has 6 nitrogen and oxygen atoms in total. The van der Waals surface area contributed by atoms with Gasteiger partial charge < -0.3 is 14.5 Å². The van der Waals surface area contributed by atoms with Crippen molar-refractivity contribution in [2.75, 3.05) is 33.4 Å². The summed E-state index contributed by atoms with van der Waals surface area (Å²) in [7, 11) is 1.67. The van der Waals surface area contributed by atoms with Crippen LogP contribution in [0.2, 0.25) is 0 Å². The molecule has 0 aliphatic carbocycles. The Morgan fingerprint density at radius 3 is 2.68 bits per heavy atom. The van der Waals surface area contributed by atoms with E-state index in [2.05, 4.69) is 16.8 Å². The normalized spacial score (nSPS) is 19.2. The van der Waals surface area contributed by atoms with Crippen molar-refractivity contribution in [3.63, 3.8) is 0 Å². The van der Waals surface area contributed by atoms with Crippen LogP contribution in [0.5, 0.6) is 0 Å². The molecule has 2 saturated heterocycles. The molecule has 1 aromatic heterocycles. The van der Waals surface area contributed by atoms with Gasteiger partial charge in [-0.2, -0.15) is 0 Å². The molecule has 4 rings (SSSR count). The maximum atomic E-state index is 12.9. The molecule has 0 bridgehead atoms. The molecule has 0 spiro atoms. The van der Waals surface area contributed by atoms with Gasteiger partial charge in [-0.25, -0.2) is 4.98 Å². The molecule has 7 heteroatoms. The average Bonchev–Trinajstić information content (AvgIpc) is 3.48. The Kier molecular flexibility index (Phi) is 7.00. The highest BCUT2D eigenvalue weighted by Gasteiger charge is 2.31. The lowest BCUT2D eigenvalue weighted by atomic mass is 9.97. The summed E-state index contributed by atoms with van der Waals surface area (Å²) in [5, 5.41) is 2.87. The standard InChI is InChI=1S/C24H27N3O3S/c1-30-16-20-8-5-13-27(20)24(29)21-17-31-23(25-21)19-11-14-26(15-12-19)22(28)10-9-18-6-3-2-4-7-18/h2-4,6-7,17,19-20H,5,8,11-16H2,1H3. The summed E-state index contributed by atoms with van der Waals surface area (Å²) in [6.07, 6.45) is 3.68. The number of carbonyl (C=O) groups is 2. The third kappa shape index (κ3) is 5.15. The van der Waals surface area contributed by atoms with Crippen molar-refractivity contribution in [2.45, 2.75) is 37.6 Å². The number of hydrogen-bond donors (Lipinski definition) is 0. The maximum Gasteiger partial charge on any atom is 0.298 e. The first-order valence-corrected chi connectivity index (χ1v) is 11.6. The van der Waals surface area contributed by atoms with Crippen molar-refractivity contribution in [1.29, 1.82) is 0 Å². The number of methoxy groups -OCH3 is 1. The Labute approximate surface area is 187 Å². The third-order valence-electron chi connectivity index (χ3n) is 5.96. The second-order valence-electron chi connectivity index (χ2n) is 8.00. The van der Waals surface area contributed by atoms with Gasteiger partial charge in [0.1, 0.15) is 5.69 Å². The van der Waals surface area contributed by atoms with E-state index in [-0.39, 0.29) is 23.8 Å². The summed E-state index contributed by atoms with van der Waals surface area (Å²) in [4.78, 5) is 33.7. The van der Waals surface area contributed by atoms with E-state index in [1.807, 2.05) is 45.5 Å². The van der Waals surface area contributed by atoms with Crippen LogP contribution in [-0.4, -0.2) is 66.0 Å². The maximum absolute atomic E-state index is 12.9. The van der Waals surface area contributed by atoms with Crippen LogP contribution in [0.3, 0.4) is 0 Å². The fourth-order valence-corrected chi connectivity index (χ4v) is 5.21. The van der Waals surface area contributed by atoms with Gasteiger partial charge in [0.25, 0.3) is 11.8 Å². The lowest BCUT2D eigenvalue weighted by Crippen LogP contribution is -2.38. The average molecular weight is 438 g/mol. The summed E-state index contributed by atoms with van der Waals surface area (Å²) in [6.45, 7) is 2.67. The molecule has 2 amide bonds. The largest absolute Gasteiger partial charge is 0.383 e. The smallest absolute Gasteiger partial charge is 0.298 e. The molecule has 0 saturated carbocycles. The van der Waals surface area contributed by atoms with E-state index in [0.717, 1.165) is 42.8 Å². The molecule has 2 aliphatic rings. The highest BCUT2D eigenvalue weighted by Crippen LogP contribution is 2.31. The zero-order valence-corrected chi connectivity index (χ0v) is 18.6. The Morgan fingerprint density at radius 1 is 1.16 bits per heavy atom. The first kappa shape index (κ1) is 21.5. The topological polar surface area (TPSA) is 62.7 Å². The van der Waals surface area contributed by atoms with E-state index in [9.17, 15) is 9.59 Å². The van der Waals surface area contributed by atoms with Gasteiger partial charge in [-0.15, -0.1) is 11.3 Å².